The summed E-state index contributed by atoms with van der Waals surface area (Å²) in [7, 11) is 1.38. The Morgan fingerprint density at radius 3 is 2.67 bits per heavy atom. The maximum atomic E-state index is 12.5. The van der Waals surface area contributed by atoms with E-state index in [2.05, 4.69) is 20.6 Å². The molecule has 1 saturated heterocycles. The van der Waals surface area contributed by atoms with Crippen LogP contribution in [-0.4, -0.2) is 65.3 Å². The number of hydrazine groups is 1. The highest BCUT2D eigenvalue weighted by Crippen LogP contribution is 2.29. The molecular weight excluding hydrogens is 382 g/mol. The first-order chi connectivity index (χ1) is 14.7. The summed E-state index contributed by atoms with van der Waals surface area (Å²) in [6, 6.07) is 6.08. The average Bonchev–Trinajstić information content (AvgIpc) is 3.28. The lowest BCUT2D eigenvalue weighted by atomic mass is 10.2. The van der Waals surface area contributed by atoms with Crippen LogP contribution < -0.4 is 15.6 Å². The molecule has 3 heterocycles. The van der Waals surface area contributed by atoms with Gasteiger partial charge in [0.15, 0.2) is 0 Å². The topological polar surface area (TPSA) is 95.5 Å². The number of carbonyl (C=O) groups is 1. The molecule has 0 unspecified atom stereocenters. The van der Waals surface area contributed by atoms with Crippen molar-refractivity contribution in [3.05, 3.63) is 35.7 Å². The Bertz CT molecular complexity index is 865. The van der Waals surface area contributed by atoms with Gasteiger partial charge in [0.1, 0.15) is 17.2 Å². The minimum absolute atomic E-state index is 0.304. The van der Waals surface area contributed by atoms with Gasteiger partial charge in [-0.3, -0.25) is 0 Å². The Morgan fingerprint density at radius 1 is 1.23 bits per heavy atom. The fourth-order valence-corrected chi connectivity index (χ4v) is 4.07. The summed E-state index contributed by atoms with van der Waals surface area (Å²) in [5.41, 5.74) is 0.984. The van der Waals surface area contributed by atoms with E-state index in [1.54, 1.807) is 6.20 Å². The second-order valence-electron chi connectivity index (χ2n) is 7.65. The van der Waals surface area contributed by atoms with Gasteiger partial charge < -0.3 is 15.4 Å². The van der Waals surface area contributed by atoms with Gasteiger partial charge in [0, 0.05) is 38.4 Å². The number of esters is 1. The molecule has 2 N–H and O–H groups in total. The first-order valence-electron chi connectivity index (χ1n) is 10.6. The fourth-order valence-electron chi connectivity index (χ4n) is 4.07. The van der Waals surface area contributed by atoms with E-state index in [9.17, 15) is 4.79 Å². The fraction of sp³-hybridized carbons (Fsp3) is 0.524. The van der Waals surface area contributed by atoms with E-state index in [0.29, 0.717) is 29.1 Å². The molecule has 9 heteroatoms. The highest BCUT2D eigenvalue weighted by Gasteiger charge is 2.28. The van der Waals surface area contributed by atoms with Gasteiger partial charge in [0.2, 0.25) is 5.95 Å². The molecule has 1 aliphatic heterocycles. The third-order valence-corrected chi connectivity index (χ3v) is 5.60. The smallest absolute Gasteiger partial charge is 0.343 e. The predicted octanol–water partition coefficient (Wildman–Crippen LogP) is 2.28. The molecule has 2 fully saturated rings. The van der Waals surface area contributed by atoms with Crippen LogP contribution in [-0.2, 0) is 4.74 Å². The molecule has 160 valence electrons. The summed E-state index contributed by atoms with van der Waals surface area (Å²) >= 11 is 0. The highest BCUT2D eigenvalue weighted by molar-refractivity contribution is 5.96. The number of anilines is 3. The van der Waals surface area contributed by atoms with Crippen molar-refractivity contribution >= 4 is 23.6 Å². The van der Waals surface area contributed by atoms with Crippen LogP contribution in [0.5, 0.6) is 0 Å². The number of nitrogens with one attached hydrogen (secondary N) is 2. The Morgan fingerprint density at radius 2 is 2.00 bits per heavy atom. The maximum absolute atomic E-state index is 12.5. The molecule has 30 heavy (non-hydrogen) atoms. The van der Waals surface area contributed by atoms with E-state index < -0.39 is 5.97 Å². The normalized spacial score (nSPS) is 17.7. The van der Waals surface area contributed by atoms with E-state index in [1.165, 1.54) is 20.0 Å². The number of methoxy groups -OCH3 is 1. The Balaban J connectivity index is 1.77. The van der Waals surface area contributed by atoms with Crippen LogP contribution >= 0.6 is 0 Å². The molecule has 4 rings (SSSR count). The molecule has 0 radical (unpaired) electrons. The van der Waals surface area contributed by atoms with Crippen LogP contribution in [0.1, 0.15) is 41.7 Å². The van der Waals surface area contributed by atoms with E-state index in [-0.39, 0.29) is 0 Å². The van der Waals surface area contributed by atoms with Crippen LogP contribution in [0.25, 0.3) is 0 Å². The van der Waals surface area contributed by atoms with E-state index in [0.717, 1.165) is 44.8 Å². The molecule has 0 amide bonds. The number of rotatable bonds is 6. The van der Waals surface area contributed by atoms with E-state index >= 15 is 0 Å². The van der Waals surface area contributed by atoms with Crippen molar-refractivity contribution in [3.63, 3.8) is 0 Å². The Labute approximate surface area is 176 Å². The minimum Gasteiger partial charge on any atom is -0.465 e. The van der Waals surface area contributed by atoms with Crippen LogP contribution in [0.4, 0.5) is 17.6 Å². The SMILES string of the molecule is COC(=O)c1c(C)nc(N(c2ccccn2)N2CCNCC2)nc1NC1CCCC1. The van der Waals surface area contributed by atoms with Gasteiger partial charge in [0.05, 0.1) is 12.8 Å². The molecule has 0 bridgehead atoms. The molecular formula is C21H29N7O2. The molecule has 2 aromatic rings. The number of aryl methyl sites for hydroxylation is 1. The molecule has 0 aromatic carbocycles. The van der Waals surface area contributed by atoms with Gasteiger partial charge in [-0.25, -0.2) is 24.8 Å². The van der Waals surface area contributed by atoms with Crippen molar-refractivity contribution in [1.82, 2.24) is 25.3 Å². The van der Waals surface area contributed by atoms with Crippen molar-refractivity contribution in [2.45, 2.75) is 38.6 Å². The summed E-state index contributed by atoms with van der Waals surface area (Å²) in [6.07, 6.45) is 6.27. The molecule has 2 aromatic heterocycles. The zero-order valence-corrected chi connectivity index (χ0v) is 17.6. The van der Waals surface area contributed by atoms with Crippen molar-refractivity contribution in [2.75, 3.05) is 43.6 Å². The van der Waals surface area contributed by atoms with Crippen molar-refractivity contribution in [2.24, 2.45) is 0 Å². The Hall–Kier alpha value is -2.78. The molecule has 9 nitrogen and oxygen atoms in total. The summed E-state index contributed by atoms with van der Waals surface area (Å²) in [5, 5.41) is 11.0. The first kappa shape index (κ1) is 20.5. The Kier molecular flexibility index (Phi) is 6.39. The summed E-state index contributed by atoms with van der Waals surface area (Å²) in [6.45, 7) is 5.18. The van der Waals surface area contributed by atoms with Gasteiger partial charge in [0.25, 0.3) is 0 Å². The zero-order valence-electron chi connectivity index (χ0n) is 17.6. The van der Waals surface area contributed by atoms with E-state index in [1.807, 2.05) is 30.1 Å². The summed E-state index contributed by atoms with van der Waals surface area (Å²) in [4.78, 5) is 26.6. The lowest BCUT2D eigenvalue weighted by Gasteiger charge is -2.37. The number of pyridine rings is 1. The lowest BCUT2D eigenvalue weighted by Crippen LogP contribution is -2.51. The minimum atomic E-state index is -0.425. The molecule has 2 aliphatic rings. The molecule has 0 atom stereocenters. The van der Waals surface area contributed by atoms with Crippen molar-refractivity contribution in [3.8, 4) is 0 Å². The number of hydrogen-bond donors (Lipinski definition) is 2. The number of piperazine rings is 1. The van der Waals surface area contributed by atoms with Gasteiger partial charge in [-0.1, -0.05) is 18.9 Å². The van der Waals surface area contributed by atoms with Crippen LogP contribution in [0.15, 0.2) is 24.4 Å². The third kappa shape index (κ3) is 4.36. The van der Waals surface area contributed by atoms with E-state index in [4.69, 9.17) is 14.7 Å². The van der Waals surface area contributed by atoms with Crippen LogP contribution in [0.2, 0.25) is 0 Å². The van der Waals surface area contributed by atoms with Gasteiger partial charge in [-0.05, 0) is 31.9 Å². The first-order valence-corrected chi connectivity index (χ1v) is 10.6. The van der Waals surface area contributed by atoms with Crippen molar-refractivity contribution in [1.29, 1.82) is 0 Å². The average molecular weight is 412 g/mol. The van der Waals surface area contributed by atoms with Gasteiger partial charge >= 0.3 is 5.97 Å². The number of aromatic nitrogens is 3. The van der Waals surface area contributed by atoms with Crippen LogP contribution in [0, 0.1) is 6.92 Å². The molecule has 0 spiro atoms. The lowest BCUT2D eigenvalue weighted by molar-refractivity contribution is 0.0600. The monoisotopic (exact) mass is 411 g/mol. The zero-order chi connectivity index (χ0) is 20.9. The largest absolute Gasteiger partial charge is 0.465 e. The maximum Gasteiger partial charge on any atom is 0.343 e. The van der Waals surface area contributed by atoms with Gasteiger partial charge in [-0.15, -0.1) is 0 Å². The predicted molar refractivity (Wildman–Crippen MR) is 115 cm³/mol. The third-order valence-electron chi connectivity index (χ3n) is 5.60. The number of hydrogen-bond acceptors (Lipinski definition) is 9. The number of carbonyl (C=O) groups excluding carboxylic acids is 1. The second-order valence-corrected chi connectivity index (χ2v) is 7.65. The van der Waals surface area contributed by atoms with Gasteiger partial charge in [-0.2, -0.15) is 4.98 Å². The summed E-state index contributed by atoms with van der Waals surface area (Å²) in [5.74, 6) is 1.36. The van der Waals surface area contributed by atoms with Crippen molar-refractivity contribution < 1.29 is 9.53 Å². The quantitative estimate of drug-likeness (QED) is 0.694. The number of nitrogens with zero attached hydrogens (tertiary/aromatic N) is 5. The highest BCUT2D eigenvalue weighted by atomic mass is 16.5. The number of ether oxygens (including phenoxy) is 1. The second kappa shape index (κ2) is 9.36. The molecule has 1 aliphatic carbocycles. The standard InChI is InChI=1S/C21H29N7O2/c1-15-18(20(29)30-2)19(25-16-7-3-4-8-16)26-21(24-15)28(17-9-5-6-10-23-17)27-13-11-22-12-14-27/h5-6,9-10,16,22H,3-4,7-8,11-14H2,1-2H3,(H,24,25,26). The summed E-state index contributed by atoms with van der Waals surface area (Å²) < 4.78 is 5.02. The molecule has 1 saturated carbocycles. The van der Waals surface area contributed by atoms with Crippen LogP contribution in [0.3, 0.4) is 0 Å².